The van der Waals surface area contributed by atoms with Gasteiger partial charge in [-0.05, 0) is 25.0 Å². The number of nitrogens with zero attached hydrogens (tertiary/aromatic N) is 3. The molecular weight excluding hydrogens is 307 g/mol. The molecule has 1 unspecified atom stereocenters. The number of hydrogen-bond donors (Lipinski definition) is 1. The minimum atomic E-state index is -0.276. The first kappa shape index (κ1) is 14.8. The van der Waals surface area contributed by atoms with Gasteiger partial charge in [-0.1, -0.05) is 36.0 Å². The van der Waals surface area contributed by atoms with Crippen LogP contribution in [0.3, 0.4) is 0 Å². The quantitative estimate of drug-likeness (QED) is 0.926. The summed E-state index contributed by atoms with van der Waals surface area (Å²) in [4.78, 5) is 4.23. The highest BCUT2D eigenvalue weighted by Crippen LogP contribution is 2.29. The molecule has 0 radical (unpaired) electrons. The van der Waals surface area contributed by atoms with Crippen molar-refractivity contribution in [3.8, 4) is 0 Å². The highest BCUT2D eigenvalue weighted by Gasteiger charge is 2.19. The van der Waals surface area contributed by atoms with Gasteiger partial charge in [0.1, 0.15) is 0 Å². The summed E-state index contributed by atoms with van der Waals surface area (Å²) in [6.45, 7) is 0. The summed E-state index contributed by atoms with van der Waals surface area (Å²) in [5, 5.41) is 5.66. The van der Waals surface area contributed by atoms with Gasteiger partial charge in [0.05, 0.1) is 33.5 Å². The molecule has 0 amide bonds. The predicted molar refractivity (Wildman–Crippen MR) is 84.6 cm³/mol. The van der Waals surface area contributed by atoms with Crippen LogP contribution in [0, 0.1) is 0 Å². The number of aromatic nitrogens is 3. The second-order valence-electron chi connectivity index (χ2n) is 5.56. The van der Waals surface area contributed by atoms with Gasteiger partial charge in [0.25, 0.3) is 0 Å². The molecule has 1 fully saturated rings. The maximum Gasteiger partial charge on any atom is 0.0761 e. The minimum absolute atomic E-state index is 0.276. The Morgan fingerprint density at radius 2 is 2.10 bits per heavy atom. The molecule has 0 bridgehead atoms. The molecule has 1 atom stereocenters. The van der Waals surface area contributed by atoms with Crippen molar-refractivity contribution < 1.29 is 0 Å². The molecule has 0 spiro atoms. The number of nitrogens with two attached hydrogens (primary N) is 1. The second kappa shape index (κ2) is 6.34. The lowest BCUT2D eigenvalue weighted by molar-refractivity contribution is 0.461. The SMILES string of the molecule is NC(Cc1ccn(C2CCCC2)n1)c1ncc(Cl)cc1Cl. The lowest BCUT2D eigenvalue weighted by Crippen LogP contribution is -2.16. The molecular formula is C15H18Cl2N4. The van der Waals surface area contributed by atoms with Crippen molar-refractivity contribution in [1.29, 1.82) is 0 Å². The van der Waals surface area contributed by atoms with Crippen LogP contribution < -0.4 is 5.73 Å². The Labute approximate surface area is 134 Å². The Balaban J connectivity index is 1.70. The van der Waals surface area contributed by atoms with Crippen LogP contribution in [-0.4, -0.2) is 14.8 Å². The number of halogens is 2. The van der Waals surface area contributed by atoms with E-state index < -0.39 is 0 Å². The molecule has 0 aliphatic heterocycles. The molecule has 0 aromatic carbocycles. The van der Waals surface area contributed by atoms with Crippen molar-refractivity contribution in [3.63, 3.8) is 0 Å². The Morgan fingerprint density at radius 1 is 1.33 bits per heavy atom. The molecule has 1 aliphatic rings. The zero-order valence-electron chi connectivity index (χ0n) is 11.7. The first-order valence-corrected chi connectivity index (χ1v) is 7.99. The summed E-state index contributed by atoms with van der Waals surface area (Å²) < 4.78 is 2.08. The molecule has 112 valence electrons. The Hall–Kier alpha value is -1.10. The van der Waals surface area contributed by atoms with E-state index in [9.17, 15) is 0 Å². The van der Waals surface area contributed by atoms with Gasteiger partial charge in [0.15, 0.2) is 0 Å². The van der Waals surface area contributed by atoms with E-state index in [0.29, 0.717) is 28.2 Å². The number of rotatable bonds is 4. The molecule has 2 aromatic rings. The van der Waals surface area contributed by atoms with Crippen molar-refractivity contribution in [2.24, 2.45) is 5.73 Å². The maximum absolute atomic E-state index is 6.20. The fourth-order valence-corrected chi connectivity index (χ4v) is 3.40. The first-order valence-electron chi connectivity index (χ1n) is 7.24. The molecule has 2 aromatic heterocycles. The van der Waals surface area contributed by atoms with E-state index in [1.165, 1.54) is 25.7 Å². The minimum Gasteiger partial charge on any atom is -0.322 e. The molecule has 0 saturated heterocycles. The van der Waals surface area contributed by atoms with Crippen LogP contribution in [0.2, 0.25) is 10.0 Å². The normalized spacial score (nSPS) is 17.3. The van der Waals surface area contributed by atoms with Gasteiger partial charge in [-0.2, -0.15) is 5.10 Å². The maximum atomic E-state index is 6.20. The summed E-state index contributed by atoms with van der Waals surface area (Å²) in [5.41, 5.74) is 7.84. The third-order valence-corrected chi connectivity index (χ3v) is 4.49. The average molecular weight is 325 g/mol. The zero-order chi connectivity index (χ0) is 14.8. The summed E-state index contributed by atoms with van der Waals surface area (Å²) >= 11 is 12.0. The van der Waals surface area contributed by atoms with Crippen LogP contribution >= 0.6 is 23.2 Å². The monoisotopic (exact) mass is 324 g/mol. The molecule has 21 heavy (non-hydrogen) atoms. The fraction of sp³-hybridized carbons (Fsp3) is 0.467. The molecule has 3 rings (SSSR count). The van der Waals surface area contributed by atoms with Gasteiger partial charge in [-0.15, -0.1) is 0 Å². The first-order chi connectivity index (χ1) is 10.1. The summed E-state index contributed by atoms with van der Waals surface area (Å²) in [5.74, 6) is 0. The van der Waals surface area contributed by atoms with Crippen LogP contribution in [-0.2, 0) is 6.42 Å². The van der Waals surface area contributed by atoms with E-state index in [1.807, 2.05) is 6.07 Å². The highest BCUT2D eigenvalue weighted by atomic mass is 35.5. The van der Waals surface area contributed by atoms with Gasteiger partial charge < -0.3 is 5.73 Å². The third-order valence-electron chi connectivity index (χ3n) is 3.98. The second-order valence-corrected chi connectivity index (χ2v) is 6.40. The van der Waals surface area contributed by atoms with Crippen LogP contribution in [0.1, 0.15) is 49.2 Å². The topological polar surface area (TPSA) is 56.7 Å². The van der Waals surface area contributed by atoms with E-state index >= 15 is 0 Å². The highest BCUT2D eigenvalue weighted by molar-refractivity contribution is 6.34. The van der Waals surface area contributed by atoms with Crippen LogP contribution in [0.15, 0.2) is 24.5 Å². The molecule has 2 N–H and O–H groups in total. The molecule has 1 saturated carbocycles. The van der Waals surface area contributed by atoms with Crippen LogP contribution in [0.5, 0.6) is 0 Å². The number of pyridine rings is 1. The fourth-order valence-electron chi connectivity index (χ4n) is 2.88. The molecule has 1 aliphatic carbocycles. The average Bonchev–Trinajstić information content (AvgIpc) is 3.08. The van der Waals surface area contributed by atoms with Crippen molar-refractivity contribution in [2.45, 2.75) is 44.2 Å². The molecule has 2 heterocycles. The van der Waals surface area contributed by atoms with Crippen LogP contribution in [0.4, 0.5) is 0 Å². The van der Waals surface area contributed by atoms with E-state index in [4.69, 9.17) is 28.9 Å². The van der Waals surface area contributed by atoms with E-state index in [0.717, 1.165) is 5.69 Å². The molecule has 4 nitrogen and oxygen atoms in total. The summed E-state index contributed by atoms with van der Waals surface area (Å²) in [6, 6.07) is 3.97. The van der Waals surface area contributed by atoms with Gasteiger partial charge >= 0.3 is 0 Å². The van der Waals surface area contributed by atoms with Gasteiger partial charge in [0.2, 0.25) is 0 Å². The van der Waals surface area contributed by atoms with Gasteiger partial charge in [0, 0.05) is 18.8 Å². The predicted octanol–water partition coefficient (Wildman–Crippen LogP) is 3.94. The third kappa shape index (κ3) is 3.39. The smallest absolute Gasteiger partial charge is 0.0761 e. The van der Waals surface area contributed by atoms with E-state index in [-0.39, 0.29) is 6.04 Å². The zero-order valence-corrected chi connectivity index (χ0v) is 13.2. The Kier molecular flexibility index (Phi) is 4.48. The van der Waals surface area contributed by atoms with Crippen molar-refractivity contribution in [3.05, 3.63) is 46.0 Å². The van der Waals surface area contributed by atoms with E-state index in [1.54, 1.807) is 12.3 Å². The standard InChI is InChI=1S/C15H18Cl2N4/c16-10-7-13(17)15(19-9-10)14(18)8-11-5-6-21(20-11)12-3-1-2-4-12/h5-7,9,12,14H,1-4,8,18H2. The lowest BCUT2D eigenvalue weighted by atomic mass is 10.1. The van der Waals surface area contributed by atoms with Crippen molar-refractivity contribution >= 4 is 23.2 Å². The summed E-state index contributed by atoms with van der Waals surface area (Å²) in [7, 11) is 0. The largest absolute Gasteiger partial charge is 0.322 e. The Morgan fingerprint density at radius 3 is 2.81 bits per heavy atom. The van der Waals surface area contributed by atoms with Gasteiger partial charge in [-0.25, -0.2) is 0 Å². The van der Waals surface area contributed by atoms with Crippen LogP contribution in [0.25, 0.3) is 0 Å². The van der Waals surface area contributed by atoms with Crippen molar-refractivity contribution in [1.82, 2.24) is 14.8 Å². The summed E-state index contributed by atoms with van der Waals surface area (Å²) in [6.07, 6.45) is 9.27. The number of hydrogen-bond acceptors (Lipinski definition) is 3. The van der Waals surface area contributed by atoms with Crippen molar-refractivity contribution in [2.75, 3.05) is 0 Å². The lowest BCUT2D eigenvalue weighted by Gasteiger charge is -2.12. The Bertz CT molecular complexity index is 620. The van der Waals surface area contributed by atoms with E-state index in [2.05, 4.69) is 21.0 Å². The van der Waals surface area contributed by atoms with Gasteiger partial charge in [-0.3, -0.25) is 9.67 Å². The molecule has 6 heteroatoms.